The van der Waals surface area contributed by atoms with Crippen molar-refractivity contribution in [3.05, 3.63) is 0 Å². The van der Waals surface area contributed by atoms with Crippen molar-refractivity contribution in [2.75, 3.05) is 0 Å². The first-order valence-corrected chi connectivity index (χ1v) is 6.90. The smallest absolute Gasteiger partial charge is 0.475 e. The van der Waals surface area contributed by atoms with Crippen molar-refractivity contribution in [1.82, 2.24) is 0 Å². The highest BCUT2D eigenvalue weighted by atomic mass is 19.4. The van der Waals surface area contributed by atoms with Crippen molar-refractivity contribution in [2.45, 2.75) is 55.0 Å². The first-order chi connectivity index (χ1) is 14.8. The molecule has 0 amide bonds. The molecule has 0 fully saturated rings. The minimum Gasteiger partial charge on any atom is -0.475 e. The van der Waals surface area contributed by atoms with Crippen LogP contribution in [0.2, 0.25) is 0 Å². The van der Waals surface area contributed by atoms with Gasteiger partial charge in [0.1, 0.15) is 0 Å². The molecule has 0 aliphatic carbocycles. The summed E-state index contributed by atoms with van der Waals surface area (Å²) in [4.78, 5) is 9.81. The SMILES string of the molecule is O=C(O)C(F)(F)OC(F)(F)C(F)(F)OC(F)(F)C(F)(F)OC(F)(F)C(F)(F)OC(F)(F)C(F)(F)F. The van der Waals surface area contributed by atoms with Crippen LogP contribution < -0.4 is 0 Å². The van der Waals surface area contributed by atoms with Crippen LogP contribution in [0.5, 0.6) is 0 Å². The Balaban J connectivity index is 5.98. The van der Waals surface area contributed by atoms with E-state index in [1.807, 2.05) is 0 Å². The quantitative estimate of drug-likeness (QED) is 0.311. The lowest BCUT2D eigenvalue weighted by Gasteiger charge is -2.35. The Morgan fingerprint density at radius 2 is 0.600 bits per heavy atom. The second-order valence-corrected chi connectivity index (χ2v) is 5.35. The number of halogens is 19. The number of carbonyl (C=O) groups is 1. The Bertz CT molecular complexity index is 773. The Hall–Kier alpha value is -2.02. The minimum atomic E-state index is -7.83. The number of hydrogen-bond donors (Lipinski definition) is 1. The van der Waals surface area contributed by atoms with Crippen LogP contribution >= 0.6 is 0 Å². The predicted octanol–water partition coefficient (Wildman–Crippen LogP) is 5.44. The number of hydrogen-bond acceptors (Lipinski definition) is 5. The molecule has 0 heterocycles. The summed E-state index contributed by atoms with van der Waals surface area (Å²) < 4.78 is 245. The first-order valence-electron chi connectivity index (χ1n) is 6.90. The van der Waals surface area contributed by atoms with E-state index < -0.39 is 61.0 Å². The van der Waals surface area contributed by atoms with Gasteiger partial charge >= 0.3 is 61.0 Å². The van der Waals surface area contributed by atoms with Gasteiger partial charge in [0.15, 0.2) is 0 Å². The number of carboxylic acid groups (broad SMARTS) is 1. The summed E-state index contributed by atoms with van der Waals surface area (Å²) in [7, 11) is 0. The van der Waals surface area contributed by atoms with Gasteiger partial charge in [0, 0.05) is 0 Å². The lowest BCUT2D eigenvalue weighted by molar-refractivity contribution is -0.581. The van der Waals surface area contributed by atoms with Crippen molar-refractivity contribution in [2.24, 2.45) is 0 Å². The molecule has 0 aromatic carbocycles. The highest BCUT2D eigenvalue weighted by molar-refractivity contribution is 5.73. The van der Waals surface area contributed by atoms with E-state index in [0.29, 0.717) is 0 Å². The molecule has 0 aliphatic heterocycles. The van der Waals surface area contributed by atoms with E-state index in [2.05, 4.69) is 0 Å². The highest BCUT2D eigenvalue weighted by Gasteiger charge is 2.78. The number of aliphatic carboxylic acids is 1. The molecular formula is C10HF19O6. The molecule has 0 aromatic rings. The average molecular weight is 578 g/mol. The van der Waals surface area contributed by atoms with Gasteiger partial charge in [0.05, 0.1) is 0 Å². The molecule has 0 saturated heterocycles. The number of rotatable bonds is 12. The largest absolute Gasteiger partial charge is 0.483 e. The molecule has 25 heteroatoms. The van der Waals surface area contributed by atoms with Crippen molar-refractivity contribution in [1.29, 1.82) is 0 Å². The van der Waals surface area contributed by atoms with Crippen LogP contribution in [-0.4, -0.2) is 66.1 Å². The molecule has 6 nitrogen and oxygen atoms in total. The zero-order valence-corrected chi connectivity index (χ0v) is 14.7. The first kappa shape index (κ1) is 33.0. The summed E-state index contributed by atoms with van der Waals surface area (Å²) >= 11 is 0. The van der Waals surface area contributed by atoms with E-state index in [4.69, 9.17) is 5.11 Å². The lowest BCUT2D eigenvalue weighted by atomic mass is 10.4. The third-order valence-electron chi connectivity index (χ3n) is 2.62. The summed E-state index contributed by atoms with van der Waals surface area (Å²) in [5.41, 5.74) is 0. The van der Waals surface area contributed by atoms with Crippen LogP contribution in [-0.2, 0) is 23.7 Å². The van der Waals surface area contributed by atoms with E-state index in [9.17, 15) is 88.2 Å². The molecule has 0 aliphatic rings. The van der Waals surface area contributed by atoms with Gasteiger partial charge in [0.25, 0.3) is 0 Å². The van der Waals surface area contributed by atoms with Crippen LogP contribution in [0.15, 0.2) is 0 Å². The summed E-state index contributed by atoms with van der Waals surface area (Å²) in [5, 5.41) is 7.69. The predicted molar refractivity (Wildman–Crippen MR) is 57.6 cm³/mol. The number of carboxylic acids is 1. The molecule has 0 aromatic heterocycles. The van der Waals surface area contributed by atoms with Gasteiger partial charge in [-0.05, 0) is 0 Å². The molecular weight excluding hydrogens is 577 g/mol. The Kier molecular flexibility index (Phi) is 8.31. The standard InChI is InChI=1S/C10HF19O6/c11-2(12,1(30)31)32-5(18,19)6(20,21)34-9(26,27)10(28,29)35-8(24,25)7(22,23)33-4(16,17)3(13,14)15/h(H,30,31). The van der Waals surface area contributed by atoms with Gasteiger partial charge in [-0.3, -0.25) is 0 Å². The molecule has 0 rings (SSSR count). The van der Waals surface area contributed by atoms with E-state index in [0.717, 1.165) is 0 Å². The van der Waals surface area contributed by atoms with Gasteiger partial charge in [-0.1, -0.05) is 0 Å². The molecule has 1 N–H and O–H groups in total. The zero-order chi connectivity index (χ0) is 28.9. The lowest BCUT2D eigenvalue weighted by Crippen LogP contribution is -2.60. The highest BCUT2D eigenvalue weighted by Crippen LogP contribution is 2.52. The summed E-state index contributed by atoms with van der Waals surface area (Å²) in [6.07, 6.45) is -67.0. The monoisotopic (exact) mass is 578 g/mol. The van der Waals surface area contributed by atoms with Gasteiger partial charge in [-0.2, -0.15) is 83.4 Å². The normalized spacial score (nSPS) is 16.0. The zero-order valence-electron chi connectivity index (χ0n) is 14.7. The Morgan fingerprint density at radius 3 is 0.800 bits per heavy atom. The van der Waals surface area contributed by atoms with Crippen LogP contribution in [0.3, 0.4) is 0 Å². The number of alkyl halides is 19. The number of ether oxygens (including phenoxy) is 4. The molecule has 0 spiro atoms. The molecule has 0 radical (unpaired) electrons. The maximum Gasteiger partial charge on any atom is 0.483 e. The summed E-state index contributed by atoms with van der Waals surface area (Å²) in [5.74, 6) is -3.83. The fraction of sp³-hybridized carbons (Fsp3) is 0.900. The van der Waals surface area contributed by atoms with E-state index in [-0.39, 0.29) is 0 Å². The molecule has 0 atom stereocenters. The third kappa shape index (κ3) is 7.02. The average Bonchev–Trinajstić information content (AvgIpc) is 2.48. The van der Waals surface area contributed by atoms with E-state index in [1.165, 1.54) is 14.2 Å². The van der Waals surface area contributed by atoms with E-state index in [1.54, 1.807) is 4.74 Å². The maximum absolute atomic E-state index is 13.0. The van der Waals surface area contributed by atoms with Gasteiger partial charge in [0.2, 0.25) is 0 Å². The second kappa shape index (κ2) is 8.82. The van der Waals surface area contributed by atoms with Crippen LogP contribution in [0.25, 0.3) is 0 Å². The van der Waals surface area contributed by atoms with E-state index >= 15 is 0 Å². The Morgan fingerprint density at radius 1 is 0.400 bits per heavy atom. The summed E-state index contributed by atoms with van der Waals surface area (Å²) in [6.45, 7) is 0. The van der Waals surface area contributed by atoms with Crippen molar-refractivity contribution in [3.63, 3.8) is 0 Å². The molecule has 210 valence electrons. The second-order valence-electron chi connectivity index (χ2n) is 5.35. The molecule has 35 heavy (non-hydrogen) atoms. The van der Waals surface area contributed by atoms with Crippen LogP contribution in [0.1, 0.15) is 0 Å². The molecule has 0 bridgehead atoms. The van der Waals surface area contributed by atoms with Crippen molar-refractivity contribution < 1.29 is 112 Å². The Labute approximate surface area is 175 Å². The van der Waals surface area contributed by atoms with Gasteiger partial charge in [-0.15, -0.1) is 0 Å². The van der Waals surface area contributed by atoms with Gasteiger partial charge in [-0.25, -0.2) is 23.7 Å². The van der Waals surface area contributed by atoms with Crippen LogP contribution in [0, 0.1) is 0 Å². The summed E-state index contributed by atoms with van der Waals surface area (Å²) in [6, 6.07) is 0. The minimum absolute atomic E-state index is 1.23. The van der Waals surface area contributed by atoms with Crippen LogP contribution in [0.4, 0.5) is 83.4 Å². The molecule has 0 unspecified atom stereocenters. The molecule has 0 saturated carbocycles. The van der Waals surface area contributed by atoms with Gasteiger partial charge < -0.3 is 5.11 Å². The van der Waals surface area contributed by atoms with Crippen molar-refractivity contribution >= 4 is 5.97 Å². The topological polar surface area (TPSA) is 74.2 Å². The fourth-order valence-electron chi connectivity index (χ4n) is 1.10. The third-order valence-corrected chi connectivity index (χ3v) is 2.62. The fourth-order valence-corrected chi connectivity index (χ4v) is 1.10. The maximum atomic E-state index is 13.0. The van der Waals surface area contributed by atoms with Crippen molar-refractivity contribution in [3.8, 4) is 0 Å².